The Morgan fingerprint density at radius 2 is 1.86 bits per heavy atom. The maximum Gasteiger partial charge on any atom is 0.307 e. The van der Waals surface area contributed by atoms with E-state index in [1.807, 2.05) is 36.4 Å². The highest BCUT2D eigenvalue weighted by atomic mass is 32.2. The number of aromatic nitrogens is 1. The van der Waals surface area contributed by atoms with Gasteiger partial charge < -0.3 is 10.4 Å². The lowest BCUT2D eigenvalue weighted by atomic mass is 9.78. The molecule has 1 aliphatic rings. The van der Waals surface area contributed by atoms with E-state index in [1.165, 1.54) is 5.56 Å². The number of carboxylic acids is 1. The van der Waals surface area contributed by atoms with Crippen LogP contribution in [0.1, 0.15) is 31.2 Å². The normalized spacial score (nSPS) is 19.2. The number of benzene rings is 2. The van der Waals surface area contributed by atoms with Gasteiger partial charge in [-0.05, 0) is 36.6 Å². The first-order valence-corrected chi connectivity index (χ1v) is 11.5. The predicted octanol–water partition coefficient (Wildman–Crippen LogP) is 5.42. The second-order valence-electron chi connectivity index (χ2n) is 7.26. The zero-order valence-corrected chi connectivity index (χ0v) is 17.5. The summed E-state index contributed by atoms with van der Waals surface area (Å²) >= 11 is 3.31. The summed E-state index contributed by atoms with van der Waals surface area (Å²) in [4.78, 5) is 28.8. The lowest BCUT2D eigenvalue weighted by Crippen LogP contribution is -2.36. The molecule has 0 spiro atoms. The monoisotopic (exact) mass is 426 g/mol. The average molecular weight is 427 g/mol. The van der Waals surface area contributed by atoms with Crippen LogP contribution >= 0.6 is 23.1 Å². The Hall–Kier alpha value is -2.38. The van der Waals surface area contributed by atoms with Crippen molar-refractivity contribution in [3.63, 3.8) is 0 Å². The quantitative estimate of drug-likeness (QED) is 0.515. The maximum absolute atomic E-state index is 12.7. The van der Waals surface area contributed by atoms with Crippen LogP contribution in [0.15, 0.2) is 52.9 Å². The number of carboxylic acid groups (broad SMARTS) is 1. The number of anilines is 1. The summed E-state index contributed by atoms with van der Waals surface area (Å²) in [5.74, 6) is -1.25. The number of thiazole rings is 1. The summed E-state index contributed by atoms with van der Waals surface area (Å²) in [6.45, 7) is 0. The summed E-state index contributed by atoms with van der Waals surface area (Å²) in [5, 5.41) is 12.3. The topological polar surface area (TPSA) is 79.3 Å². The molecule has 1 saturated carbocycles. The Morgan fingerprint density at radius 1 is 1.10 bits per heavy atom. The molecule has 2 N–H and O–H groups in total. The Labute approximate surface area is 177 Å². The van der Waals surface area contributed by atoms with Crippen LogP contribution in [0.2, 0.25) is 0 Å². The molecule has 0 radical (unpaired) electrons. The van der Waals surface area contributed by atoms with Crippen LogP contribution in [0.25, 0.3) is 10.2 Å². The van der Waals surface area contributed by atoms with Crippen molar-refractivity contribution in [2.75, 3.05) is 5.32 Å². The van der Waals surface area contributed by atoms with E-state index in [9.17, 15) is 14.7 Å². The van der Waals surface area contributed by atoms with Gasteiger partial charge in [-0.2, -0.15) is 0 Å². The van der Waals surface area contributed by atoms with Crippen LogP contribution in [0.5, 0.6) is 0 Å². The number of carbonyl (C=O) groups is 2. The third-order valence-electron chi connectivity index (χ3n) is 5.26. The van der Waals surface area contributed by atoms with Gasteiger partial charge in [-0.1, -0.05) is 54.9 Å². The molecular weight excluding hydrogens is 404 g/mol. The van der Waals surface area contributed by atoms with Gasteiger partial charge in [0.2, 0.25) is 5.91 Å². The number of rotatable bonds is 6. The molecule has 29 heavy (non-hydrogen) atoms. The molecule has 0 saturated heterocycles. The first-order valence-electron chi connectivity index (χ1n) is 9.71. The van der Waals surface area contributed by atoms with E-state index >= 15 is 0 Å². The van der Waals surface area contributed by atoms with Gasteiger partial charge in [0.15, 0.2) is 4.34 Å². The number of hydrogen-bond acceptors (Lipinski definition) is 5. The van der Waals surface area contributed by atoms with E-state index in [2.05, 4.69) is 22.4 Å². The molecule has 3 aromatic rings. The van der Waals surface area contributed by atoms with Gasteiger partial charge in [0.1, 0.15) is 0 Å². The van der Waals surface area contributed by atoms with Crippen LogP contribution in [0.4, 0.5) is 5.69 Å². The summed E-state index contributed by atoms with van der Waals surface area (Å²) in [5.41, 5.74) is 2.86. The lowest BCUT2D eigenvalue weighted by Gasteiger charge is -2.27. The van der Waals surface area contributed by atoms with E-state index in [1.54, 1.807) is 23.1 Å². The largest absolute Gasteiger partial charge is 0.481 e. The molecular formula is C22H22N2O3S2. The highest BCUT2D eigenvalue weighted by Gasteiger charge is 2.35. The van der Waals surface area contributed by atoms with Crippen molar-refractivity contribution in [3.8, 4) is 0 Å². The van der Waals surface area contributed by atoms with Crippen molar-refractivity contribution >= 4 is 50.9 Å². The van der Waals surface area contributed by atoms with Gasteiger partial charge in [-0.15, -0.1) is 11.3 Å². The molecule has 7 heteroatoms. The van der Waals surface area contributed by atoms with Crippen molar-refractivity contribution in [3.05, 3.63) is 54.1 Å². The number of thioether (sulfide) groups is 1. The van der Waals surface area contributed by atoms with Crippen LogP contribution < -0.4 is 5.32 Å². The highest BCUT2D eigenvalue weighted by Crippen LogP contribution is 2.34. The predicted molar refractivity (Wildman–Crippen MR) is 117 cm³/mol. The second kappa shape index (κ2) is 8.97. The number of carbonyl (C=O) groups excluding carboxylic acids is 1. The standard InChI is InChI=1S/C22H22N2O3S2/c25-20(16-8-4-5-9-17(16)21(26)27)23-15-10-11-18-19(12-15)29-22(24-18)28-13-14-6-2-1-3-7-14/h1-3,6-7,10-12,16-17H,4-5,8-9,13H2,(H,23,25)(H,26,27)/t16-,17-/m0/s1. The van der Waals surface area contributed by atoms with Crippen molar-refractivity contribution in [1.82, 2.24) is 4.98 Å². The fraction of sp³-hybridized carbons (Fsp3) is 0.318. The van der Waals surface area contributed by atoms with Crippen molar-refractivity contribution in [1.29, 1.82) is 0 Å². The van der Waals surface area contributed by atoms with Gasteiger partial charge in [0, 0.05) is 11.4 Å². The fourth-order valence-corrected chi connectivity index (χ4v) is 5.80. The Morgan fingerprint density at radius 3 is 2.62 bits per heavy atom. The fourth-order valence-electron chi connectivity index (χ4n) is 3.74. The minimum atomic E-state index is -0.872. The zero-order valence-electron chi connectivity index (χ0n) is 15.8. The van der Waals surface area contributed by atoms with Gasteiger partial charge in [-0.3, -0.25) is 9.59 Å². The smallest absolute Gasteiger partial charge is 0.307 e. The molecule has 5 nitrogen and oxygen atoms in total. The summed E-state index contributed by atoms with van der Waals surface area (Å²) in [6.07, 6.45) is 2.98. The van der Waals surface area contributed by atoms with E-state index in [0.29, 0.717) is 18.5 Å². The molecule has 2 aromatic carbocycles. The van der Waals surface area contributed by atoms with Gasteiger partial charge in [0.05, 0.1) is 22.1 Å². The molecule has 1 heterocycles. The molecule has 1 aromatic heterocycles. The van der Waals surface area contributed by atoms with Crippen molar-refractivity contribution in [2.45, 2.75) is 35.8 Å². The molecule has 1 aliphatic carbocycles. The highest BCUT2D eigenvalue weighted by molar-refractivity contribution is 8.00. The Kier molecular flexibility index (Phi) is 6.16. The van der Waals surface area contributed by atoms with E-state index in [-0.39, 0.29) is 5.91 Å². The summed E-state index contributed by atoms with van der Waals surface area (Å²) in [6, 6.07) is 15.9. The second-order valence-corrected chi connectivity index (χ2v) is 9.51. The molecule has 150 valence electrons. The molecule has 0 bridgehead atoms. The van der Waals surface area contributed by atoms with Crippen LogP contribution in [-0.4, -0.2) is 22.0 Å². The first-order chi connectivity index (χ1) is 14.1. The van der Waals surface area contributed by atoms with Crippen LogP contribution in [0, 0.1) is 11.8 Å². The molecule has 2 atom stereocenters. The first kappa shape index (κ1) is 19.9. The number of hydrogen-bond donors (Lipinski definition) is 2. The number of nitrogens with one attached hydrogen (secondary N) is 1. The summed E-state index contributed by atoms with van der Waals surface area (Å²) < 4.78 is 2.00. The van der Waals surface area contributed by atoms with Crippen LogP contribution in [0.3, 0.4) is 0 Å². The Balaban J connectivity index is 1.44. The molecule has 0 aliphatic heterocycles. The third-order valence-corrected chi connectivity index (χ3v) is 7.49. The van der Waals surface area contributed by atoms with Crippen LogP contribution in [-0.2, 0) is 15.3 Å². The van der Waals surface area contributed by atoms with Gasteiger partial charge in [0.25, 0.3) is 0 Å². The van der Waals surface area contributed by atoms with E-state index < -0.39 is 17.8 Å². The Bertz CT molecular complexity index is 1020. The SMILES string of the molecule is O=C(O)[C@H]1CCCC[C@@H]1C(=O)Nc1ccc2nc(SCc3ccccc3)sc2c1. The third kappa shape index (κ3) is 4.79. The average Bonchev–Trinajstić information content (AvgIpc) is 3.15. The molecule has 1 amide bonds. The van der Waals surface area contributed by atoms with Crippen molar-refractivity contribution in [2.24, 2.45) is 11.8 Å². The summed E-state index contributed by atoms with van der Waals surface area (Å²) in [7, 11) is 0. The van der Waals surface area contributed by atoms with Gasteiger partial charge >= 0.3 is 5.97 Å². The van der Waals surface area contributed by atoms with E-state index in [4.69, 9.17) is 0 Å². The molecule has 4 rings (SSSR count). The van der Waals surface area contributed by atoms with Gasteiger partial charge in [-0.25, -0.2) is 4.98 Å². The number of fused-ring (bicyclic) bond motifs is 1. The lowest BCUT2D eigenvalue weighted by molar-refractivity contribution is -0.147. The number of nitrogens with zero attached hydrogens (tertiary/aromatic N) is 1. The number of amides is 1. The van der Waals surface area contributed by atoms with Crippen molar-refractivity contribution < 1.29 is 14.7 Å². The number of aliphatic carboxylic acids is 1. The van der Waals surface area contributed by atoms with E-state index in [0.717, 1.165) is 33.2 Å². The molecule has 1 fully saturated rings. The zero-order chi connectivity index (χ0) is 20.2. The minimum absolute atomic E-state index is 0.195. The minimum Gasteiger partial charge on any atom is -0.481 e. The molecule has 0 unspecified atom stereocenters. The maximum atomic E-state index is 12.7.